The summed E-state index contributed by atoms with van der Waals surface area (Å²) in [5.41, 5.74) is 2.48. The summed E-state index contributed by atoms with van der Waals surface area (Å²) in [7, 11) is -2.51. The molecule has 200 valence electrons. The van der Waals surface area contributed by atoms with Crippen LogP contribution in [-0.2, 0) is 27.9 Å². The summed E-state index contributed by atoms with van der Waals surface area (Å²) in [4.78, 5) is 15.8. The number of methoxy groups -OCH3 is 1. The highest BCUT2D eigenvalue weighted by Crippen LogP contribution is 2.39. The highest BCUT2D eigenvalue weighted by molar-refractivity contribution is 7.92. The lowest BCUT2D eigenvalue weighted by Gasteiger charge is -2.35. The molecule has 0 aromatic heterocycles. The van der Waals surface area contributed by atoms with E-state index in [0.29, 0.717) is 17.3 Å². The Morgan fingerprint density at radius 2 is 1.76 bits per heavy atom. The van der Waals surface area contributed by atoms with Gasteiger partial charge in [0.15, 0.2) is 6.10 Å². The number of halogens is 1. The molecule has 0 saturated carbocycles. The lowest BCUT2D eigenvalue weighted by Crippen LogP contribution is -2.50. The third kappa shape index (κ3) is 5.60. The van der Waals surface area contributed by atoms with Crippen LogP contribution in [0.1, 0.15) is 24.0 Å². The van der Waals surface area contributed by atoms with Crippen LogP contribution in [0.2, 0.25) is 5.02 Å². The summed E-state index contributed by atoms with van der Waals surface area (Å²) in [6.45, 7) is 3.13. The predicted octanol–water partition coefficient (Wildman–Crippen LogP) is 4.22. The standard InChI is InChI=1S/C28H30ClN3O5S/c1-36-23-9-11-24(12-10-23)38(34,35)32-19-27(37-26-13-8-22(29)16-25(26)32)28(33)30-17-20-6-2-3-7-21(20)18-31-14-4-5-15-31/h2-3,6-13,16,27H,4-5,14-15,17-19H2,1H3,(H,30,33). The van der Waals surface area contributed by atoms with E-state index >= 15 is 0 Å². The molecule has 1 saturated heterocycles. The lowest BCUT2D eigenvalue weighted by atomic mass is 10.1. The summed E-state index contributed by atoms with van der Waals surface area (Å²) in [5.74, 6) is 0.417. The third-order valence-electron chi connectivity index (χ3n) is 6.89. The van der Waals surface area contributed by atoms with E-state index in [2.05, 4.69) is 16.3 Å². The van der Waals surface area contributed by atoms with Crippen LogP contribution < -0.4 is 19.1 Å². The van der Waals surface area contributed by atoms with Gasteiger partial charge in [-0.3, -0.25) is 14.0 Å². The van der Waals surface area contributed by atoms with Crippen LogP contribution in [-0.4, -0.2) is 52.1 Å². The first-order chi connectivity index (χ1) is 18.3. The lowest BCUT2D eigenvalue weighted by molar-refractivity contribution is -0.127. The van der Waals surface area contributed by atoms with E-state index in [1.807, 2.05) is 18.2 Å². The maximum Gasteiger partial charge on any atom is 0.264 e. The van der Waals surface area contributed by atoms with Gasteiger partial charge in [0.25, 0.3) is 15.9 Å². The van der Waals surface area contributed by atoms with Gasteiger partial charge in [-0.05, 0) is 79.5 Å². The first-order valence-electron chi connectivity index (χ1n) is 12.5. The second kappa shape index (κ2) is 11.2. The fraction of sp³-hybridized carbons (Fsp3) is 0.321. The number of likely N-dealkylation sites (tertiary alicyclic amines) is 1. The van der Waals surface area contributed by atoms with E-state index in [9.17, 15) is 13.2 Å². The molecule has 1 atom stereocenters. The summed E-state index contributed by atoms with van der Waals surface area (Å²) in [5, 5.41) is 3.32. The molecular formula is C28H30ClN3O5S. The summed E-state index contributed by atoms with van der Waals surface area (Å²) < 4.78 is 39.6. The van der Waals surface area contributed by atoms with Crippen LogP contribution in [0.5, 0.6) is 11.5 Å². The number of nitrogens with zero attached hydrogens (tertiary/aromatic N) is 2. The van der Waals surface area contributed by atoms with Crippen molar-refractivity contribution in [2.24, 2.45) is 0 Å². The Morgan fingerprint density at radius 3 is 2.47 bits per heavy atom. The zero-order valence-corrected chi connectivity index (χ0v) is 22.7. The van der Waals surface area contributed by atoms with Crippen LogP contribution in [0.3, 0.4) is 0 Å². The smallest absolute Gasteiger partial charge is 0.264 e. The second-order valence-electron chi connectivity index (χ2n) is 9.40. The van der Waals surface area contributed by atoms with Gasteiger partial charge >= 0.3 is 0 Å². The van der Waals surface area contributed by atoms with Crippen molar-refractivity contribution in [3.8, 4) is 11.5 Å². The zero-order chi connectivity index (χ0) is 26.7. The fourth-order valence-corrected chi connectivity index (χ4v) is 6.46. The van der Waals surface area contributed by atoms with Crippen LogP contribution in [0.25, 0.3) is 0 Å². The first-order valence-corrected chi connectivity index (χ1v) is 14.4. The number of carbonyl (C=O) groups excluding carboxylic acids is 1. The number of carbonyl (C=O) groups is 1. The molecule has 0 spiro atoms. The van der Waals surface area contributed by atoms with Crippen LogP contribution in [0, 0.1) is 0 Å². The molecule has 2 aliphatic heterocycles. The quantitative estimate of drug-likeness (QED) is 0.448. The monoisotopic (exact) mass is 555 g/mol. The number of amides is 1. The highest BCUT2D eigenvalue weighted by atomic mass is 35.5. The molecule has 10 heteroatoms. The second-order valence-corrected chi connectivity index (χ2v) is 11.7. The first kappa shape index (κ1) is 26.3. The molecule has 8 nitrogen and oxygen atoms in total. The average molecular weight is 556 g/mol. The van der Waals surface area contributed by atoms with Crippen molar-refractivity contribution in [3.05, 3.63) is 82.9 Å². The Labute approximate surface area is 228 Å². The van der Waals surface area contributed by atoms with Crippen LogP contribution in [0.4, 0.5) is 5.69 Å². The molecule has 1 N–H and O–H groups in total. The molecule has 0 bridgehead atoms. The molecule has 2 aliphatic rings. The number of fused-ring (bicyclic) bond motifs is 1. The van der Waals surface area contributed by atoms with Crippen molar-refractivity contribution in [2.75, 3.05) is 31.0 Å². The van der Waals surface area contributed by atoms with Crippen molar-refractivity contribution in [1.29, 1.82) is 0 Å². The fourth-order valence-electron chi connectivity index (χ4n) is 4.83. The molecule has 1 fully saturated rings. The van der Waals surface area contributed by atoms with E-state index in [1.54, 1.807) is 24.3 Å². The summed E-state index contributed by atoms with van der Waals surface area (Å²) in [6, 6.07) is 18.9. The van der Waals surface area contributed by atoms with Gasteiger partial charge in [0.1, 0.15) is 11.5 Å². The number of hydrogen-bond acceptors (Lipinski definition) is 6. The molecule has 0 radical (unpaired) electrons. The van der Waals surface area contributed by atoms with Crippen LogP contribution in [0.15, 0.2) is 71.6 Å². The van der Waals surface area contributed by atoms with Gasteiger partial charge in [-0.2, -0.15) is 0 Å². The third-order valence-corrected chi connectivity index (χ3v) is 8.92. The summed E-state index contributed by atoms with van der Waals surface area (Å²) >= 11 is 6.19. The van der Waals surface area contributed by atoms with Gasteiger partial charge < -0.3 is 14.8 Å². The Hall–Kier alpha value is -3.27. The Morgan fingerprint density at radius 1 is 1.05 bits per heavy atom. The van der Waals surface area contributed by atoms with E-state index in [1.165, 1.54) is 48.0 Å². The SMILES string of the molecule is COc1ccc(S(=O)(=O)N2CC(C(=O)NCc3ccccc3CN3CCCC3)Oc3ccc(Cl)cc32)cc1. The van der Waals surface area contributed by atoms with Crippen molar-refractivity contribution in [1.82, 2.24) is 10.2 Å². The normalized spacial score (nSPS) is 17.5. The Kier molecular flexibility index (Phi) is 7.78. The van der Waals surface area contributed by atoms with Gasteiger partial charge in [-0.15, -0.1) is 0 Å². The topological polar surface area (TPSA) is 88.2 Å². The molecule has 3 aromatic rings. The Balaban J connectivity index is 1.36. The highest BCUT2D eigenvalue weighted by Gasteiger charge is 2.37. The van der Waals surface area contributed by atoms with Gasteiger partial charge in [0, 0.05) is 18.1 Å². The minimum atomic E-state index is -4.02. The van der Waals surface area contributed by atoms with Gasteiger partial charge in [-0.1, -0.05) is 35.9 Å². The van der Waals surface area contributed by atoms with Gasteiger partial charge in [0.05, 0.1) is 24.2 Å². The van der Waals surface area contributed by atoms with Crippen molar-refractivity contribution in [3.63, 3.8) is 0 Å². The van der Waals surface area contributed by atoms with Crippen molar-refractivity contribution in [2.45, 2.75) is 36.9 Å². The number of hydrogen-bond donors (Lipinski definition) is 1. The number of nitrogens with one attached hydrogen (secondary N) is 1. The van der Waals surface area contributed by atoms with Gasteiger partial charge in [0.2, 0.25) is 0 Å². The number of sulfonamides is 1. The van der Waals surface area contributed by atoms with Gasteiger partial charge in [-0.25, -0.2) is 8.42 Å². The number of ether oxygens (including phenoxy) is 2. The van der Waals surface area contributed by atoms with E-state index in [4.69, 9.17) is 21.1 Å². The summed E-state index contributed by atoms with van der Waals surface area (Å²) in [6.07, 6.45) is 1.38. The minimum Gasteiger partial charge on any atom is -0.497 e. The molecule has 2 heterocycles. The number of anilines is 1. The zero-order valence-electron chi connectivity index (χ0n) is 21.1. The molecular weight excluding hydrogens is 526 g/mol. The van der Waals surface area contributed by atoms with E-state index < -0.39 is 22.0 Å². The molecule has 3 aromatic carbocycles. The maximum atomic E-state index is 13.7. The minimum absolute atomic E-state index is 0.0705. The molecule has 5 rings (SSSR count). The maximum absolute atomic E-state index is 13.7. The number of benzene rings is 3. The molecule has 0 aliphatic carbocycles. The van der Waals surface area contributed by atoms with E-state index in [-0.39, 0.29) is 22.9 Å². The van der Waals surface area contributed by atoms with Crippen molar-refractivity contribution >= 4 is 33.2 Å². The van der Waals surface area contributed by atoms with E-state index in [0.717, 1.165) is 25.2 Å². The van der Waals surface area contributed by atoms with Crippen molar-refractivity contribution < 1.29 is 22.7 Å². The molecule has 38 heavy (non-hydrogen) atoms. The average Bonchev–Trinajstić information content (AvgIpc) is 3.45. The van der Waals surface area contributed by atoms with Crippen LogP contribution >= 0.6 is 11.6 Å². The predicted molar refractivity (Wildman–Crippen MR) is 146 cm³/mol. The molecule has 1 unspecified atom stereocenters. The number of rotatable bonds is 8. The Bertz CT molecular complexity index is 1410. The molecule has 1 amide bonds. The largest absolute Gasteiger partial charge is 0.497 e.